The zero-order valence-electron chi connectivity index (χ0n) is 17.0. The Bertz CT molecular complexity index is 1310. The van der Waals surface area contributed by atoms with Crippen molar-refractivity contribution in [3.63, 3.8) is 0 Å². The Morgan fingerprint density at radius 1 is 0.970 bits per heavy atom. The smallest absolute Gasteiger partial charge is 0.300 e. The van der Waals surface area contributed by atoms with Crippen molar-refractivity contribution in [3.05, 3.63) is 99.8 Å². The zero-order valence-corrected chi connectivity index (χ0v) is 17.7. The van der Waals surface area contributed by atoms with Crippen molar-refractivity contribution in [1.29, 1.82) is 0 Å². The third-order valence-electron chi connectivity index (χ3n) is 5.22. The van der Waals surface area contributed by atoms with Gasteiger partial charge in [0.15, 0.2) is 0 Å². The van der Waals surface area contributed by atoms with Crippen LogP contribution in [-0.4, -0.2) is 23.9 Å². The predicted molar refractivity (Wildman–Crippen MR) is 116 cm³/mol. The molecule has 0 aliphatic carbocycles. The molecule has 0 spiro atoms. The number of halogens is 4. The molecule has 5 nitrogen and oxygen atoms in total. The van der Waals surface area contributed by atoms with Gasteiger partial charge in [-0.3, -0.25) is 14.5 Å². The molecule has 1 aliphatic heterocycles. The van der Waals surface area contributed by atoms with Crippen LogP contribution in [0, 0.1) is 17.5 Å². The monoisotopic (exact) mass is 473 g/mol. The van der Waals surface area contributed by atoms with Gasteiger partial charge in [0.05, 0.1) is 30.0 Å². The van der Waals surface area contributed by atoms with Crippen LogP contribution in [0.25, 0.3) is 5.76 Å². The van der Waals surface area contributed by atoms with Crippen molar-refractivity contribution in [2.45, 2.75) is 6.04 Å². The Morgan fingerprint density at radius 2 is 1.64 bits per heavy atom. The van der Waals surface area contributed by atoms with E-state index in [0.717, 1.165) is 29.2 Å². The number of nitrogens with zero attached hydrogens (tertiary/aromatic N) is 1. The molecule has 0 radical (unpaired) electrons. The van der Waals surface area contributed by atoms with Gasteiger partial charge in [-0.15, -0.1) is 0 Å². The topological polar surface area (TPSA) is 66.8 Å². The fourth-order valence-corrected chi connectivity index (χ4v) is 3.90. The molecule has 1 aliphatic rings. The maximum absolute atomic E-state index is 14.7. The number of Topliss-reactive ketones (excluding diaryl/α,β-unsaturated/α-hetero) is 1. The summed E-state index contributed by atoms with van der Waals surface area (Å²) in [6, 6.07) is 10.2. The molecule has 3 aromatic carbocycles. The van der Waals surface area contributed by atoms with E-state index < -0.39 is 46.5 Å². The Hall–Kier alpha value is -3.78. The van der Waals surface area contributed by atoms with Crippen LogP contribution < -0.4 is 9.64 Å². The quantitative estimate of drug-likeness (QED) is 0.313. The van der Waals surface area contributed by atoms with E-state index in [-0.39, 0.29) is 27.6 Å². The fraction of sp³-hybridized carbons (Fsp3) is 0.0833. The average molecular weight is 474 g/mol. The van der Waals surface area contributed by atoms with Gasteiger partial charge in [-0.1, -0.05) is 23.7 Å². The van der Waals surface area contributed by atoms with Crippen LogP contribution in [0.15, 0.2) is 66.2 Å². The standard InChI is InChI=1S/C24H15ClF3NO4/c1-33-19-9-4-13(25)10-16(19)22(30)20-21(12-2-5-14(26)6-3-12)29(24(32)23(20)31)18-8-7-15(27)11-17(18)28/h2-11,21,30H,1H3/b22-20+. The van der Waals surface area contributed by atoms with Crippen LogP contribution in [0.3, 0.4) is 0 Å². The number of hydrogen-bond acceptors (Lipinski definition) is 4. The number of carbonyl (C=O) groups is 2. The van der Waals surface area contributed by atoms with Crippen molar-refractivity contribution < 1.29 is 32.6 Å². The number of anilines is 1. The fourth-order valence-electron chi connectivity index (χ4n) is 3.73. The molecule has 1 N–H and O–H groups in total. The summed E-state index contributed by atoms with van der Waals surface area (Å²) in [6.07, 6.45) is 0. The first kappa shape index (κ1) is 22.4. The summed E-state index contributed by atoms with van der Waals surface area (Å²) in [5, 5.41) is 11.3. The molecule has 1 fully saturated rings. The van der Waals surface area contributed by atoms with E-state index in [1.54, 1.807) is 0 Å². The third-order valence-corrected chi connectivity index (χ3v) is 5.45. The Balaban J connectivity index is 2.00. The summed E-state index contributed by atoms with van der Waals surface area (Å²) in [4.78, 5) is 26.9. The number of ketones is 1. The molecule has 9 heteroatoms. The minimum atomic E-state index is -1.34. The van der Waals surface area contributed by atoms with Gasteiger partial charge in [0.1, 0.15) is 29.0 Å². The second-order valence-electron chi connectivity index (χ2n) is 7.16. The normalized spacial score (nSPS) is 17.5. The van der Waals surface area contributed by atoms with E-state index in [0.29, 0.717) is 6.07 Å². The van der Waals surface area contributed by atoms with Crippen LogP contribution in [0.4, 0.5) is 18.9 Å². The molecule has 0 bridgehead atoms. The van der Waals surface area contributed by atoms with Gasteiger partial charge >= 0.3 is 0 Å². The largest absolute Gasteiger partial charge is 0.507 e. The highest BCUT2D eigenvalue weighted by Gasteiger charge is 2.48. The van der Waals surface area contributed by atoms with E-state index >= 15 is 0 Å². The predicted octanol–water partition coefficient (Wildman–Crippen LogP) is 5.39. The third kappa shape index (κ3) is 3.93. The van der Waals surface area contributed by atoms with Gasteiger partial charge in [0.25, 0.3) is 11.7 Å². The average Bonchev–Trinajstić information content (AvgIpc) is 3.04. The molecule has 168 valence electrons. The molecule has 1 atom stereocenters. The molecule has 4 rings (SSSR count). The van der Waals surface area contributed by atoms with E-state index in [1.807, 2.05) is 0 Å². The number of amides is 1. The second kappa shape index (κ2) is 8.63. The van der Waals surface area contributed by atoms with E-state index in [9.17, 15) is 27.9 Å². The Morgan fingerprint density at radius 3 is 2.27 bits per heavy atom. The molecule has 33 heavy (non-hydrogen) atoms. The molecular formula is C24H15ClF3NO4. The lowest BCUT2D eigenvalue weighted by atomic mass is 9.94. The summed E-state index contributed by atoms with van der Waals surface area (Å²) >= 11 is 6.04. The number of hydrogen-bond donors (Lipinski definition) is 1. The molecule has 0 aromatic heterocycles. The minimum absolute atomic E-state index is 0.0229. The molecule has 1 heterocycles. The molecular weight excluding hydrogens is 459 g/mol. The van der Waals surface area contributed by atoms with Crippen molar-refractivity contribution >= 4 is 34.7 Å². The minimum Gasteiger partial charge on any atom is -0.507 e. The van der Waals surface area contributed by atoms with Crippen molar-refractivity contribution in [2.75, 3.05) is 12.0 Å². The molecule has 1 unspecified atom stereocenters. The molecule has 0 saturated carbocycles. The molecule has 1 amide bonds. The molecule has 3 aromatic rings. The number of carbonyl (C=O) groups excluding carboxylic acids is 2. The van der Waals surface area contributed by atoms with Crippen molar-refractivity contribution in [1.82, 2.24) is 0 Å². The number of methoxy groups -OCH3 is 1. The van der Waals surface area contributed by atoms with Crippen LogP contribution in [-0.2, 0) is 9.59 Å². The summed E-state index contributed by atoms with van der Waals surface area (Å²) < 4.78 is 47.0. The SMILES string of the molecule is COc1ccc(Cl)cc1/C(O)=C1\C(=O)C(=O)N(c2ccc(F)cc2F)C1c1ccc(F)cc1. The first-order valence-electron chi connectivity index (χ1n) is 9.58. The maximum atomic E-state index is 14.7. The first-order valence-corrected chi connectivity index (χ1v) is 9.96. The summed E-state index contributed by atoms with van der Waals surface area (Å²) in [5.74, 6) is -5.29. The van der Waals surface area contributed by atoms with Crippen LogP contribution in [0.2, 0.25) is 5.02 Å². The molecule has 1 saturated heterocycles. The van der Waals surface area contributed by atoms with Crippen LogP contribution in [0.1, 0.15) is 17.2 Å². The lowest BCUT2D eigenvalue weighted by Crippen LogP contribution is -2.30. The summed E-state index contributed by atoms with van der Waals surface area (Å²) in [5.41, 5.74) is -0.544. The lowest BCUT2D eigenvalue weighted by molar-refractivity contribution is -0.132. The maximum Gasteiger partial charge on any atom is 0.300 e. The van der Waals surface area contributed by atoms with Crippen LogP contribution in [0.5, 0.6) is 5.75 Å². The van der Waals surface area contributed by atoms with E-state index in [4.69, 9.17) is 16.3 Å². The number of rotatable bonds is 4. The van der Waals surface area contributed by atoms with E-state index in [1.165, 1.54) is 37.4 Å². The zero-order chi connectivity index (χ0) is 23.9. The Kier molecular flexibility index (Phi) is 5.86. The van der Waals surface area contributed by atoms with Gasteiger partial charge in [-0.25, -0.2) is 13.2 Å². The van der Waals surface area contributed by atoms with Gasteiger partial charge in [0, 0.05) is 11.1 Å². The highest BCUT2D eigenvalue weighted by molar-refractivity contribution is 6.51. The van der Waals surface area contributed by atoms with Gasteiger partial charge in [-0.2, -0.15) is 0 Å². The second-order valence-corrected chi connectivity index (χ2v) is 7.60. The number of ether oxygens (including phenoxy) is 1. The van der Waals surface area contributed by atoms with Gasteiger partial charge < -0.3 is 9.84 Å². The highest BCUT2D eigenvalue weighted by Crippen LogP contribution is 2.44. The Labute approximate surface area is 191 Å². The van der Waals surface area contributed by atoms with Crippen molar-refractivity contribution in [3.8, 4) is 5.75 Å². The number of benzene rings is 3. The lowest BCUT2D eigenvalue weighted by Gasteiger charge is -2.26. The van der Waals surface area contributed by atoms with Crippen LogP contribution >= 0.6 is 11.6 Å². The van der Waals surface area contributed by atoms with Crippen molar-refractivity contribution in [2.24, 2.45) is 0 Å². The number of aliphatic hydroxyl groups excluding tert-OH is 1. The number of aliphatic hydroxyl groups is 1. The van der Waals surface area contributed by atoms with E-state index in [2.05, 4.69) is 0 Å². The first-order chi connectivity index (χ1) is 15.7. The van der Waals surface area contributed by atoms with Gasteiger partial charge in [0.2, 0.25) is 0 Å². The highest BCUT2D eigenvalue weighted by atomic mass is 35.5. The summed E-state index contributed by atoms with van der Waals surface area (Å²) in [7, 11) is 1.34. The summed E-state index contributed by atoms with van der Waals surface area (Å²) in [6.45, 7) is 0. The van der Waals surface area contributed by atoms with Gasteiger partial charge in [-0.05, 0) is 48.0 Å².